The molecule has 1 aliphatic rings. The maximum atomic E-state index is 13.3. The third-order valence-corrected chi connectivity index (χ3v) is 7.30. The first-order valence-electron chi connectivity index (χ1n) is 10.2. The average molecular weight is 405 g/mol. The van der Waals surface area contributed by atoms with Crippen molar-refractivity contribution in [1.29, 1.82) is 0 Å². The van der Waals surface area contributed by atoms with Crippen molar-refractivity contribution in [3.8, 4) is 0 Å². The van der Waals surface area contributed by atoms with E-state index in [2.05, 4.69) is 67.4 Å². The molecule has 0 saturated carbocycles. The van der Waals surface area contributed by atoms with Gasteiger partial charge in [-0.2, -0.15) is 0 Å². The number of para-hydroxylation sites is 1. The SMILES string of the molecule is Cc1cc(C)c2c(c1C)N(CCCNCc1ccccc1)c1ccccc1S2=O. The molecule has 0 aliphatic carbocycles. The highest BCUT2D eigenvalue weighted by Crippen LogP contribution is 2.45. The van der Waals surface area contributed by atoms with Crippen LogP contribution in [-0.2, 0) is 17.3 Å². The van der Waals surface area contributed by atoms with E-state index in [0.29, 0.717) is 0 Å². The van der Waals surface area contributed by atoms with Gasteiger partial charge in [0.25, 0.3) is 0 Å². The van der Waals surface area contributed by atoms with E-state index in [1.54, 1.807) is 0 Å². The number of rotatable bonds is 6. The number of anilines is 2. The van der Waals surface area contributed by atoms with E-state index in [4.69, 9.17) is 0 Å². The molecule has 4 heteroatoms. The Morgan fingerprint density at radius 1 is 0.931 bits per heavy atom. The fraction of sp³-hybridized carbons (Fsp3) is 0.280. The summed E-state index contributed by atoms with van der Waals surface area (Å²) in [7, 11) is -1.13. The summed E-state index contributed by atoms with van der Waals surface area (Å²) < 4.78 is 13.3. The molecule has 0 fully saturated rings. The fourth-order valence-electron chi connectivity index (χ4n) is 4.09. The van der Waals surface area contributed by atoms with E-state index in [1.807, 2.05) is 24.3 Å². The lowest BCUT2D eigenvalue weighted by molar-refractivity contribution is 0.646. The van der Waals surface area contributed by atoms with Crippen molar-refractivity contribution in [2.24, 2.45) is 0 Å². The summed E-state index contributed by atoms with van der Waals surface area (Å²) in [6.07, 6.45) is 1.01. The Labute approximate surface area is 176 Å². The van der Waals surface area contributed by atoms with Crippen LogP contribution in [0.5, 0.6) is 0 Å². The number of nitrogens with one attached hydrogen (secondary N) is 1. The van der Waals surface area contributed by atoms with Crippen LogP contribution in [0.25, 0.3) is 0 Å². The topological polar surface area (TPSA) is 32.3 Å². The van der Waals surface area contributed by atoms with Crippen molar-refractivity contribution in [2.45, 2.75) is 43.5 Å². The van der Waals surface area contributed by atoms with E-state index in [-0.39, 0.29) is 0 Å². The van der Waals surface area contributed by atoms with Gasteiger partial charge >= 0.3 is 0 Å². The summed E-state index contributed by atoms with van der Waals surface area (Å²) in [5.41, 5.74) is 7.12. The zero-order valence-electron chi connectivity index (χ0n) is 17.4. The van der Waals surface area contributed by atoms with Crippen LogP contribution in [0.15, 0.2) is 70.5 Å². The Bertz CT molecular complexity index is 1050. The minimum absolute atomic E-state index is 0.884. The van der Waals surface area contributed by atoms with Crippen LogP contribution in [0.2, 0.25) is 0 Å². The predicted molar refractivity (Wildman–Crippen MR) is 122 cm³/mol. The second kappa shape index (κ2) is 8.52. The summed E-state index contributed by atoms with van der Waals surface area (Å²) in [6.45, 7) is 9.10. The van der Waals surface area contributed by atoms with Gasteiger partial charge in [0.1, 0.15) is 0 Å². The number of hydrogen-bond acceptors (Lipinski definition) is 3. The molecule has 0 saturated heterocycles. The first-order valence-corrected chi connectivity index (χ1v) is 11.4. The fourth-order valence-corrected chi connectivity index (χ4v) is 5.67. The normalized spacial score (nSPS) is 15.1. The lowest BCUT2D eigenvalue weighted by Crippen LogP contribution is -2.29. The molecule has 0 amide bonds. The van der Waals surface area contributed by atoms with E-state index in [9.17, 15) is 4.21 Å². The third-order valence-electron chi connectivity index (χ3n) is 5.67. The first-order chi connectivity index (χ1) is 14.1. The van der Waals surface area contributed by atoms with Gasteiger partial charge in [0.15, 0.2) is 0 Å². The number of benzene rings is 3. The molecule has 0 radical (unpaired) electrons. The maximum absolute atomic E-state index is 13.3. The molecular weight excluding hydrogens is 376 g/mol. The molecule has 0 bridgehead atoms. The van der Waals surface area contributed by atoms with Crippen molar-refractivity contribution in [3.05, 3.63) is 82.9 Å². The Morgan fingerprint density at radius 3 is 2.45 bits per heavy atom. The second-order valence-corrected chi connectivity index (χ2v) is 9.10. The van der Waals surface area contributed by atoms with E-state index in [0.717, 1.165) is 52.8 Å². The van der Waals surface area contributed by atoms with Gasteiger partial charge in [-0.15, -0.1) is 0 Å². The Morgan fingerprint density at radius 2 is 1.66 bits per heavy atom. The molecule has 1 aliphatic heterocycles. The van der Waals surface area contributed by atoms with Gasteiger partial charge in [-0.1, -0.05) is 48.5 Å². The van der Waals surface area contributed by atoms with Crippen LogP contribution >= 0.6 is 0 Å². The van der Waals surface area contributed by atoms with Crippen LogP contribution < -0.4 is 10.2 Å². The lowest BCUT2D eigenvalue weighted by Gasteiger charge is -2.35. The molecule has 1 N–H and O–H groups in total. The molecule has 4 rings (SSSR count). The number of hydrogen-bond donors (Lipinski definition) is 1. The van der Waals surface area contributed by atoms with Gasteiger partial charge in [0.05, 0.1) is 32.0 Å². The highest BCUT2D eigenvalue weighted by molar-refractivity contribution is 7.85. The lowest BCUT2D eigenvalue weighted by atomic mass is 10.0. The molecule has 29 heavy (non-hydrogen) atoms. The van der Waals surface area contributed by atoms with Gasteiger partial charge in [-0.3, -0.25) is 0 Å². The van der Waals surface area contributed by atoms with Crippen LogP contribution in [0.3, 0.4) is 0 Å². The van der Waals surface area contributed by atoms with Gasteiger partial charge in [0, 0.05) is 13.1 Å². The van der Waals surface area contributed by atoms with Crippen LogP contribution in [-0.4, -0.2) is 17.3 Å². The third kappa shape index (κ3) is 3.87. The molecule has 3 nitrogen and oxygen atoms in total. The summed E-state index contributed by atoms with van der Waals surface area (Å²) in [5.74, 6) is 0. The van der Waals surface area contributed by atoms with Crippen LogP contribution in [0.1, 0.15) is 28.7 Å². The average Bonchev–Trinajstić information content (AvgIpc) is 2.74. The smallest absolute Gasteiger partial charge is 0.0895 e. The highest BCUT2D eigenvalue weighted by Gasteiger charge is 2.31. The van der Waals surface area contributed by atoms with Crippen molar-refractivity contribution >= 4 is 22.2 Å². The number of aryl methyl sites for hydroxylation is 2. The quantitative estimate of drug-likeness (QED) is 0.558. The molecule has 3 aromatic carbocycles. The van der Waals surface area contributed by atoms with Crippen LogP contribution in [0.4, 0.5) is 11.4 Å². The molecule has 1 unspecified atom stereocenters. The van der Waals surface area contributed by atoms with Crippen molar-refractivity contribution in [2.75, 3.05) is 18.0 Å². The molecule has 1 atom stereocenters. The van der Waals surface area contributed by atoms with Gasteiger partial charge in [0.2, 0.25) is 0 Å². The first kappa shape index (κ1) is 19.9. The van der Waals surface area contributed by atoms with Crippen molar-refractivity contribution < 1.29 is 4.21 Å². The summed E-state index contributed by atoms with van der Waals surface area (Å²) in [4.78, 5) is 4.28. The molecule has 0 aromatic heterocycles. The largest absolute Gasteiger partial charge is 0.339 e. The minimum atomic E-state index is -1.13. The summed E-state index contributed by atoms with van der Waals surface area (Å²) >= 11 is 0. The zero-order chi connectivity index (χ0) is 20.4. The van der Waals surface area contributed by atoms with E-state index >= 15 is 0 Å². The Kier molecular flexibility index (Phi) is 5.84. The Hall–Kier alpha value is -2.43. The predicted octanol–water partition coefficient (Wildman–Crippen LogP) is 5.41. The van der Waals surface area contributed by atoms with E-state index < -0.39 is 10.8 Å². The molecule has 150 valence electrons. The minimum Gasteiger partial charge on any atom is -0.339 e. The van der Waals surface area contributed by atoms with Gasteiger partial charge in [-0.25, -0.2) is 4.21 Å². The molecule has 1 heterocycles. The van der Waals surface area contributed by atoms with Crippen LogP contribution in [0, 0.1) is 20.8 Å². The molecule has 3 aromatic rings. The van der Waals surface area contributed by atoms with Crippen molar-refractivity contribution in [1.82, 2.24) is 5.32 Å². The Balaban J connectivity index is 1.57. The summed E-state index contributed by atoms with van der Waals surface area (Å²) in [6, 6.07) is 20.8. The number of nitrogens with zero attached hydrogens (tertiary/aromatic N) is 1. The molecular formula is C25H28N2OS. The zero-order valence-corrected chi connectivity index (χ0v) is 18.2. The van der Waals surface area contributed by atoms with E-state index in [1.165, 1.54) is 16.7 Å². The molecule has 0 spiro atoms. The standard InChI is InChI=1S/C25H28N2OS/c1-18-16-19(2)25-24(20(18)3)27(22-12-7-8-13-23(22)29(25)28)15-9-14-26-17-21-10-5-4-6-11-21/h4-8,10-13,16,26H,9,14-15,17H2,1-3H3. The van der Waals surface area contributed by atoms with Gasteiger partial charge < -0.3 is 10.2 Å². The second-order valence-electron chi connectivity index (χ2n) is 7.72. The van der Waals surface area contributed by atoms with Crippen molar-refractivity contribution in [3.63, 3.8) is 0 Å². The maximum Gasteiger partial charge on any atom is 0.0895 e. The van der Waals surface area contributed by atoms with Gasteiger partial charge in [-0.05, 0) is 68.1 Å². The number of fused-ring (bicyclic) bond motifs is 2. The summed E-state index contributed by atoms with van der Waals surface area (Å²) in [5, 5.41) is 3.55. The monoisotopic (exact) mass is 404 g/mol. The highest BCUT2D eigenvalue weighted by atomic mass is 32.2.